The predicted molar refractivity (Wildman–Crippen MR) is 60.5 cm³/mol. The fraction of sp³-hybridized carbons (Fsp3) is 0.400. The second-order valence-corrected chi connectivity index (χ2v) is 4.57. The van der Waals surface area contributed by atoms with Crippen molar-refractivity contribution in [1.29, 1.82) is 0 Å². The minimum atomic E-state index is -0.168. The number of aromatic nitrogens is 2. The average Bonchev–Trinajstić information content (AvgIpc) is 2.91. The van der Waals surface area contributed by atoms with E-state index in [9.17, 15) is 4.79 Å². The lowest BCUT2D eigenvalue weighted by Crippen LogP contribution is -2.24. The molecular weight excluding hydrogens is 235 g/mol. The largest absolute Gasteiger partial charge is 0.291 e. The normalized spacial score (nSPS) is 15.3. The first kappa shape index (κ1) is 10.7. The Morgan fingerprint density at radius 2 is 2.33 bits per heavy atom. The van der Waals surface area contributed by atoms with Crippen LogP contribution in [0, 0.1) is 0 Å². The van der Waals surface area contributed by atoms with Crippen molar-refractivity contribution in [2.75, 3.05) is 0 Å². The van der Waals surface area contributed by atoms with Gasteiger partial charge >= 0.3 is 0 Å². The Kier molecular flexibility index (Phi) is 2.85. The highest BCUT2D eigenvalue weighted by Gasteiger charge is 2.28. The van der Waals surface area contributed by atoms with E-state index in [1.807, 2.05) is 0 Å². The lowest BCUT2D eigenvalue weighted by Gasteiger charge is -2.10. The van der Waals surface area contributed by atoms with E-state index in [4.69, 9.17) is 23.2 Å². The van der Waals surface area contributed by atoms with Gasteiger partial charge in [-0.1, -0.05) is 29.8 Å². The zero-order valence-electron chi connectivity index (χ0n) is 8.04. The number of halogens is 2. The van der Waals surface area contributed by atoms with Crippen molar-refractivity contribution in [3.63, 3.8) is 0 Å². The van der Waals surface area contributed by atoms with Gasteiger partial charge in [0.15, 0.2) is 0 Å². The molecule has 80 valence electrons. The second-order valence-electron chi connectivity index (χ2n) is 3.65. The highest BCUT2D eigenvalue weighted by molar-refractivity contribution is 6.29. The van der Waals surface area contributed by atoms with Crippen LogP contribution in [-0.2, 0) is 6.54 Å². The molecule has 1 saturated carbocycles. The molecule has 15 heavy (non-hydrogen) atoms. The maximum atomic E-state index is 11.7. The standard InChI is InChI=1S/C10H10Cl2N2O/c1-6(11)5-14-9(15)4-8(12)13-10(14)7-2-3-7/h4,7H,1-3,5H2. The second kappa shape index (κ2) is 3.99. The Bertz CT molecular complexity index is 463. The summed E-state index contributed by atoms with van der Waals surface area (Å²) >= 11 is 11.5. The van der Waals surface area contributed by atoms with Gasteiger partial charge in [0.05, 0.1) is 6.54 Å². The minimum absolute atomic E-state index is 0.168. The van der Waals surface area contributed by atoms with Crippen LogP contribution >= 0.6 is 23.2 Å². The molecule has 0 spiro atoms. The van der Waals surface area contributed by atoms with E-state index in [1.165, 1.54) is 6.07 Å². The van der Waals surface area contributed by atoms with Gasteiger partial charge in [-0.3, -0.25) is 9.36 Å². The van der Waals surface area contributed by atoms with E-state index in [-0.39, 0.29) is 10.7 Å². The molecule has 1 aromatic rings. The van der Waals surface area contributed by atoms with Crippen molar-refractivity contribution in [3.8, 4) is 0 Å². The van der Waals surface area contributed by atoms with Crippen LogP contribution in [0.5, 0.6) is 0 Å². The molecular formula is C10H10Cl2N2O. The molecule has 1 aliphatic carbocycles. The number of hydrogen-bond donors (Lipinski definition) is 0. The molecule has 0 atom stereocenters. The molecule has 0 amide bonds. The fourth-order valence-electron chi connectivity index (χ4n) is 1.48. The molecule has 1 aliphatic rings. The summed E-state index contributed by atoms with van der Waals surface area (Å²) < 4.78 is 1.54. The summed E-state index contributed by atoms with van der Waals surface area (Å²) in [5.74, 6) is 1.08. The molecule has 0 aromatic carbocycles. The van der Waals surface area contributed by atoms with E-state index in [0.29, 0.717) is 17.5 Å². The lowest BCUT2D eigenvalue weighted by atomic mass is 10.3. The number of rotatable bonds is 3. The van der Waals surface area contributed by atoms with Crippen LogP contribution in [0.3, 0.4) is 0 Å². The van der Waals surface area contributed by atoms with Crippen molar-refractivity contribution < 1.29 is 0 Å². The zero-order chi connectivity index (χ0) is 11.0. The first-order valence-electron chi connectivity index (χ1n) is 4.68. The highest BCUT2D eigenvalue weighted by atomic mass is 35.5. The van der Waals surface area contributed by atoms with Gasteiger partial charge in [-0.15, -0.1) is 0 Å². The van der Waals surface area contributed by atoms with E-state index in [0.717, 1.165) is 18.7 Å². The van der Waals surface area contributed by atoms with Crippen molar-refractivity contribution in [1.82, 2.24) is 9.55 Å². The van der Waals surface area contributed by atoms with Crippen molar-refractivity contribution in [2.45, 2.75) is 25.3 Å². The fourth-order valence-corrected chi connectivity index (χ4v) is 1.78. The quantitative estimate of drug-likeness (QED) is 0.767. The molecule has 5 heteroatoms. The summed E-state index contributed by atoms with van der Waals surface area (Å²) in [6.07, 6.45) is 2.11. The first-order valence-corrected chi connectivity index (χ1v) is 5.44. The van der Waals surface area contributed by atoms with Gasteiger partial charge in [0, 0.05) is 17.0 Å². The highest BCUT2D eigenvalue weighted by Crippen LogP contribution is 2.38. The SMILES string of the molecule is C=C(Cl)Cn1c(C2CC2)nc(Cl)cc1=O. The molecule has 0 aliphatic heterocycles. The van der Waals surface area contributed by atoms with Crippen LogP contribution in [0.25, 0.3) is 0 Å². The monoisotopic (exact) mass is 244 g/mol. The maximum absolute atomic E-state index is 11.7. The third kappa shape index (κ3) is 2.41. The number of nitrogens with zero attached hydrogens (tertiary/aromatic N) is 2. The third-order valence-corrected chi connectivity index (χ3v) is 2.59. The molecule has 0 bridgehead atoms. The van der Waals surface area contributed by atoms with E-state index in [2.05, 4.69) is 11.6 Å². The summed E-state index contributed by atoms with van der Waals surface area (Å²) in [4.78, 5) is 15.8. The van der Waals surface area contributed by atoms with Crippen LogP contribution < -0.4 is 5.56 Å². The maximum Gasteiger partial charge on any atom is 0.255 e. The van der Waals surface area contributed by atoms with Crippen molar-refractivity contribution in [2.24, 2.45) is 0 Å². The topological polar surface area (TPSA) is 34.9 Å². The van der Waals surface area contributed by atoms with Gasteiger partial charge in [-0.25, -0.2) is 4.98 Å². The summed E-state index contributed by atoms with van der Waals surface area (Å²) in [7, 11) is 0. The van der Waals surface area contributed by atoms with Crippen molar-refractivity contribution in [3.05, 3.63) is 39.0 Å². The number of allylic oxidation sites excluding steroid dienone is 1. The molecule has 0 saturated heterocycles. The molecule has 3 nitrogen and oxygen atoms in total. The van der Waals surface area contributed by atoms with Gasteiger partial charge in [0.2, 0.25) is 0 Å². The molecule has 1 heterocycles. The molecule has 1 aromatic heterocycles. The Morgan fingerprint density at radius 1 is 1.67 bits per heavy atom. The first-order chi connectivity index (χ1) is 7.08. The zero-order valence-corrected chi connectivity index (χ0v) is 9.55. The summed E-state index contributed by atoms with van der Waals surface area (Å²) in [6, 6.07) is 1.30. The molecule has 0 unspecified atom stereocenters. The Hall–Kier alpha value is -0.800. The lowest BCUT2D eigenvalue weighted by molar-refractivity contribution is 0.676. The van der Waals surface area contributed by atoms with Crippen LogP contribution in [0.1, 0.15) is 24.6 Å². The van der Waals surface area contributed by atoms with Crippen molar-refractivity contribution >= 4 is 23.2 Å². The van der Waals surface area contributed by atoms with Gasteiger partial charge in [-0.05, 0) is 12.8 Å². The van der Waals surface area contributed by atoms with Gasteiger partial charge < -0.3 is 0 Å². The summed E-state index contributed by atoms with van der Waals surface area (Å²) in [6.45, 7) is 3.88. The minimum Gasteiger partial charge on any atom is -0.291 e. The average molecular weight is 245 g/mol. The molecule has 1 fully saturated rings. The Balaban J connectivity index is 2.48. The Morgan fingerprint density at radius 3 is 2.87 bits per heavy atom. The van der Waals surface area contributed by atoms with Gasteiger partial charge in [0.25, 0.3) is 5.56 Å². The predicted octanol–water partition coefficient (Wildman–Crippen LogP) is 2.53. The van der Waals surface area contributed by atoms with Gasteiger partial charge in [0.1, 0.15) is 11.0 Å². The number of hydrogen-bond acceptors (Lipinski definition) is 2. The smallest absolute Gasteiger partial charge is 0.255 e. The van der Waals surface area contributed by atoms with Crippen LogP contribution in [0.2, 0.25) is 5.15 Å². The summed E-state index contributed by atoms with van der Waals surface area (Å²) in [5, 5.41) is 0.668. The van der Waals surface area contributed by atoms with Gasteiger partial charge in [-0.2, -0.15) is 0 Å². The van der Waals surface area contributed by atoms with Crippen LogP contribution in [0.15, 0.2) is 22.5 Å². The van der Waals surface area contributed by atoms with E-state index < -0.39 is 0 Å². The molecule has 0 N–H and O–H groups in total. The Labute approximate surface area is 97.3 Å². The van der Waals surface area contributed by atoms with Crippen LogP contribution in [0.4, 0.5) is 0 Å². The van der Waals surface area contributed by atoms with E-state index in [1.54, 1.807) is 4.57 Å². The third-order valence-electron chi connectivity index (χ3n) is 2.28. The summed E-state index contributed by atoms with van der Waals surface area (Å²) in [5.41, 5.74) is -0.168. The van der Waals surface area contributed by atoms with Crippen LogP contribution in [-0.4, -0.2) is 9.55 Å². The molecule has 0 radical (unpaired) electrons. The van der Waals surface area contributed by atoms with E-state index >= 15 is 0 Å². The molecule has 2 rings (SSSR count).